The Morgan fingerprint density at radius 1 is 1.30 bits per heavy atom. The highest BCUT2D eigenvalue weighted by Gasteiger charge is 2.30. The molecular weight excluding hydrogens is 341 g/mol. The van der Waals surface area contributed by atoms with Crippen LogP contribution in [0.25, 0.3) is 0 Å². The van der Waals surface area contributed by atoms with Gasteiger partial charge in [0, 0.05) is 29.8 Å². The minimum absolute atomic E-state index is 0.0284. The minimum Gasteiger partial charge on any atom is -0.481 e. The van der Waals surface area contributed by atoms with Gasteiger partial charge >= 0.3 is 5.97 Å². The van der Waals surface area contributed by atoms with E-state index in [1.165, 1.54) is 0 Å². The van der Waals surface area contributed by atoms with Crippen molar-refractivity contribution < 1.29 is 19.4 Å². The van der Waals surface area contributed by atoms with Crippen LogP contribution in [0.2, 0.25) is 10.0 Å². The van der Waals surface area contributed by atoms with Crippen molar-refractivity contribution in [2.45, 2.75) is 19.3 Å². The Labute approximate surface area is 144 Å². The van der Waals surface area contributed by atoms with Crippen LogP contribution >= 0.6 is 23.2 Å². The standard InChI is InChI=1S/C16H19Cl2NO4/c17-12-2-1-11(14(18)8-12)7-15(20)19-9-13(16(21)22)10-3-5-23-6-4-10/h1-2,8,10,13H,3-7,9H2,(H,19,20)(H,21,22). The van der Waals surface area contributed by atoms with Crippen LogP contribution in [0.1, 0.15) is 18.4 Å². The van der Waals surface area contributed by atoms with Gasteiger partial charge in [-0.1, -0.05) is 29.3 Å². The first-order chi connectivity index (χ1) is 11.0. The third-order valence-electron chi connectivity index (χ3n) is 4.04. The molecule has 0 spiro atoms. The first-order valence-corrected chi connectivity index (χ1v) is 8.24. The molecule has 1 atom stereocenters. The summed E-state index contributed by atoms with van der Waals surface area (Å²) in [6.07, 6.45) is 1.50. The number of nitrogens with one attached hydrogen (secondary N) is 1. The van der Waals surface area contributed by atoms with Gasteiger partial charge in [0.1, 0.15) is 0 Å². The molecule has 1 fully saturated rings. The zero-order chi connectivity index (χ0) is 16.8. The van der Waals surface area contributed by atoms with Crippen molar-refractivity contribution in [1.82, 2.24) is 5.32 Å². The fourth-order valence-electron chi connectivity index (χ4n) is 2.70. The highest BCUT2D eigenvalue weighted by Crippen LogP contribution is 2.24. The lowest BCUT2D eigenvalue weighted by atomic mass is 9.86. The number of hydrogen-bond acceptors (Lipinski definition) is 3. The normalized spacial score (nSPS) is 16.8. The van der Waals surface area contributed by atoms with E-state index in [-0.39, 0.29) is 24.8 Å². The molecule has 0 bridgehead atoms. The second kappa shape index (κ2) is 8.52. The summed E-state index contributed by atoms with van der Waals surface area (Å²) in [6.45, 7) is 1.26. The molecule has 23 heavy (non-hydrogen) atoms. The van der Waals surface area contributed by atoms with Crippen molar-refractivity contribution in [1.29, 1.82) is 0 Å². The smallest absolute Gasteiger partial charge is 0.308 e. The second-order valence-electron chi connectivity index (χ2n) is 5.61. The molecule has 5 nitrogen and oxygen atoms in total. The number of benzene rings is 1. The van der Waals surface area contributed by atoms with E-state index in [0.717, 1.165) is 0 Å². The molecule has 2 N–H and O–H groups in total. The Morgan fingerprint density at radius 2 is 2.00 bits per heavy atom. The molecule has 2 rings (SSSR count). The van der Waals surface area contributed by atoms with E-state index in [4.69, 9.17) is 27.9 Å². The Morgan fingerprint density at radius 3 is 2.61 bits per heavy atom. The molecule has 7 heteroatoms. The summed E-state index contributed by atoms with van der Waals surface area (Å²) < 4.78 is 5.25. The number of rotatable bonds is 6. The van der Waals surface area contributed by atoms with Crippen molar-refractivity contribution in [3.8, 4) is 0 Å². The van der Waals surface area contributed by atoms with Crippen LogP contribution < -0.4 is 5.32 Å². The van der Waals surface area contributed by atoms with Gasteiger partial charge in [-0.15, -0.1) is 0 Å². The Bertz CT molecular complexity index is 573. The molecule has 1 amide bonds. The van der Waals surface area contributed by atoms with E-state index in [0.29, 0.717) is 41.7 Å². The molecule has 1 aliphatic heterocycles. The summed E-state index contributed by atoms with van der Waals surface area (Å²) in [5.41, 5.74) is 0.659. The minimum atomic E-state index is -0.887. The quantitative estimate of drug-likeness (QED) is 0.818. The lowest BCUT2D eigenvalue weighted by molar-refractivity contribution is -0.144. The van der Waals surface area contributed by atoms with Crippen LogP contribution in [-0.4, -0.2) is 36.7 Å². The number of carboxylic acid groups (broad SMARTS) is 1. The van der Waals surface area contributed by atoms with Gasteiger partial charge in [0.25, 0.3) is 0 Å². The van der Waals surface area contributed by atoms with E-state index >= 15 is 0 Å². The highest BCUT2D eigenvalue weighted by atomic mass is 35.5. The molecule has 0 aliphatic carbocycles. The van der Waals surface area contributed by atoms with E-state index in [1.54, 1.807) is 18.2 Å². The molecule has 126 valence electrons. The topological polar surface area (TPSA) is 75.6 Å². The van der Waals surface area contributed by atoms with Gasteiger partial charge < -0.3 is 15.2 Å². The van der Waals surface area contributed by atoms with Crippen molar-refractivity contribution in [2.24, 2.45) is 11.8 Å². The van der Waals surface area contributed by atoms with Gasteiger partial charge in [0.2, 0.25) is 5.91 Å². The molecule has 1 heterocycles. The predicted molar refractivity (Wildman–Crippen MR) is 87.8 cm³/mol. The number of hydrogen-bond donors (Lipinski definition) is 2. The average Bonchev–Trinajstić information content (AvgIpc) is 2.51. The Hall–Kier alpha value is -1.30. The predicted octanol–water partition coefficient (Wildman–Crippen LogP) is 2.78. The van der Waals surface area contributed by atoms with Crippen LogP contribution in [-0.2, 0) is 20.7 Å². The molecular formula is C16H19Cl2NO4. The van der Waals surface area contributed by atoms with Gasteiger partial charge in [-0.2, -0.15) is 0 Å². The maximum atomic E-state index is 12.0. The number of aliphatic carboxylic acids is 1. The van der Waals surface area contributed by atoms with Crippen LogP contribution in [0, 0.1) is 11.8 Å². The van der Waals surface area contributed by atoms with Crippen molar-refractivity contribution in [2.75, 3.05) is 19.8 Å². The lowest BCUT2D eigenvalue weighted by Gasteiger charge is -2.27. The van der Waals surface area contributed by atoms with Gasteiger partial charge in [-0.05, 0) is 36.5 Å². The monoisotopic (exact) mass is 359 g/mol. The van der Waals surface area contributed by atoms with Gasteiger partial charge in [0.05, 0.1) is 12.3 Å². The lowest BCUT2D eigenvalue weighted by Crippen LogP contribution is -2.39. The zero-order valence-electron chi connectivity index (χ0n) is 12.6. The summed E-state index contributed by atoms with van der Waals surface area (Å²) in [4.78, 5) is 23.5. The molecule has 0 radical (unpaired) electrons. The Kier molecular flexibility index (Phi) is 6.69. The molecule has 1 aromatic carbocycles. The number of ether oxygens (including phenoxy) is 1. The maximum Gasteiger partial charge on any atom is 0.308 e. The first-order valence-electron chi connectivity index (χ1n) is 7.48. The van der Waals surface area contributed by atoms with Gasteiger partial charge in [0.15, 0.2) is 0 Å². The number of amides is 1. The second-order valence-corrected chi connectivity index (χ2v) is 6.45. The maximum absolute atomic E-state index is 12.0. The van der Waals surface area contributed by atoms with Gasteiger partial charge in [-0.25, -0.2) is 0 Å². The molecule has 1 aliphatic rings. The third-order valence-corrected chi connectivity index (χ3v) is 4.62. The van der Waals surface area contributed by atoms with Crippen LogP contribution in [0.3, 0.4) is 0 Å². The number of carbonyl (C=O) groups excluding carboxylic acids is 1. The summed E-state index contributed by atoms with van der Waals surface area (Å²) in [7, 11) is 0. The molecule has 1 aromatic rings. The Balaban J connectivity index is 1.89. The number of carbonyl (C=O) groups is 2. The summed E-state index contributed by atoms with van der Waals surface area (Å²) in [6, 6.07) is 4.93. The summed E-state index contributed by atoms with van der Waals surface area (Å²) >= 11 is 11.9. The first kappa shape index (κ1) is 18.0. The van der Waals surface area contributed by atoms with Crippen molar-refractivity contribution in [3.05, 3.63) is 33.8 Å². The third kappa shape index (κ3) is 5.37. The number of carboxylic acids is 1. The van der Waals surface area contributed by atoms with Crippen molar-refractivity contribution in [3.63, 3.8) is 0 Å². The van der Waals surface area contributed by atoms with Crippen LogP contribution in [0.4, 0.5) is 0 Å². The van der Waals surface area contributed by atoms with Crippen molar-refractivity contribution >= 4 is 35.1 Å². The fourth-order valence-corrected chi connectivity index (χ4v) is 3.17. The van der Waals surface area contributed by atoms with Gasteiger partial charge in [-0.3, -0.25) is 9.59 Å². The summed E-state index contributed by atoms with van der Waals surface area (Å²) in [5, 5.41) is 13.0. The van der Waals surface area contributed by atoms with E-state index < -0.39 is 11.9 Å². The van der Waals surface area contributed by atoms with Crippen LogP contribution in [0.15, 0.2) is 18.2 Å². The average molecular weight is 360 g/mol. The molecule has 0 saturated carbocycles. The largest absolute Gasteiger partial charge is 0.481 e. The van der Waals surface area contributed by atoms with Crippen LogP contribution in [0.5, 0.6) is 0 Å². The highest BCUT2D eigenvalue weighted by molar-refractivity contribution is 6.35. The summed E-state index contributed by atoms with van der Waals surface area (Å²) in [5.74, 6) is -1.71. The molecule has 1 unspecified atom stereocenters. The number of halogens is 2. The van der Waals surface area contributed by atoms with E-state index in [9.17, 15) is 14.7 Å². The van der Waals surface area contributed by atoms with E-state index in [2.05, 4.69) is 5.32 Å². The molecule has 1 saturated heterocycles. The van der Waals surface area contributed by atoms with E-state index in [1.807, 2.05) is 0 Å². The fraction of sp³-hybridized carbons (Fsp3) is 0.500. The molecule has 0 aromatic heterocycles. The SMILES string of the molecule is O=C(Cc1ccc(Cl)cc1Cl)NCC(C(=O)O)C1CCOCC1. The zero-order valence-corrected chi connectivity index (χ0v) is 14.1.